The lowest BCUT2D eigenvalue weighted by molar-refractivity contribution is 0.0690. The first-order valence-corrected chi connectivity index (χ1v) is 7.43. The van der Waals surface area contributed by atoms with E-state index in [1.54, 1.807) is 0 Å². The molecule has 20 heavy (non-hydrogen) atoms. The Morgan fingerprint density at radius 3 is 2.35 bits per heavy atom. The first-order valence-electron chi connectivity index (χ1n) is 5.53. The molecule has 0 aliphatic heterocycles. The van der Waals surface area contributed by atoms with Gasteiger partial charge in [-0.1, -0.05) is 0 Å². The molecule has 6 nitrogen and oxygen atoms in total. The molecule has 0 unspecified atom stereocenters. The predicted molar refractivity (Wildman–Crippen MR) is 70.8 cm³/mol. The average Bonchev–Trinajstić information content (AvgIpc) is 2.38. The maximum atomic E-state index is 11.3. The molecule has 0 fully saturated rings. The Labute approximate surface area is 115 Å². The molecule has 0 atom stereocenters. The minimum Gasteiger partial charge on any atom is -0.477 e. The number of rotatable bonds is 4. The molecule has 2 aromatic rings. The minimum absolute atomic E-state index is 0.129. The molecule has 0 spiro atoms. The minimum atomic E-state index is -3.25. The van der Waals surface area contributed by atoms with Gasteiger partial charge in [-0.2, -0.15) is 0 Å². The molecule has 0 aliphatic rings. The lowest BCUT2D eigenvalue weighted by Gasteiger charge is -2.06. The summed E-state index contributed by atoms with van der Waals surface area (Å²) in [5, 5.41) is 8.82. The Morgan fingerprint density at radius 1 is 1.15 bits per heavy atom. The van der Waals surface area contributed by atoms with Crippen LogP contribution in [0.5, 0.6) is 11.5 Å². The fourth-order valence-corrected chi connectivity index (χ4v) is 2.11. The number of pyridine rings is 1. The number of carbonyl (C=O) groups is 1. The molecule has 0 saturated heterocycles. The average molecular weight is 293 g/mol. The molecule has 0 saturated carbocycles. The van der Waals surface area contributed by atoms with Crippen molar-refractivity contribution in [1.29, 1.82) is 0 Å². The maximum absolute atomic E-state index is 11.3. The highest BCUT2D eigenvalue weighted by molar-refractivity contribution is 7.90. The van der Waals surface area contributed by atoms with Gasteiger partial charge in [0.05, 0.1) is 4.90 Å². The number of aromatic nitrogens is 1. The lowest BCUT2D eigenvalue weighted by atomic mass is 10.3. The van der Waals surface area contributed by atoms with Crippen molar-refractivity contribution in [1.82, 2.24) is 4.98 Å². The Kier molecular flexibility index (Phi) is 3.71. The van der Waals surface area contributed by atoms with Crippen LogP contribution in [0.4, 0.5) is 0 Å². The number of carboxylic acid groups (broad SMARTS) is 1. The molecule has 0 amide bonds. The topological polar surface area (TPSA) is 93.6 Å². The standard InChI is InChI=1S/C13H11NO5S/c1-20(17,18)11-4-2-9(3-5-11)19-10-6-7-14-12(8-10)13(15)16/h2-8H,1H3,(H,15,16). The van der Waals surface area contributed by atoms with Crippen LogP contribution in [0.15, 0.2) is 47.5 Å². The van der Waals surface area contributed by atoms with Gasteiger partial charge in [-0.3, -0.25) is 0 Å². The van der Waals surface area contributed by atoms with Crippen LogP contribution in [0.25, 0.3) is 0 Å². The molecule has 0 radical (unpaired) electrons. The molecule has 0 bridgehead atoms. The zero-order valence-electron chi connectivity index (χ0n) is 10.5. The number of hydrogen-bond donors (Lipinski definition) is 1. The van der Waals surface area contributed by atoms with Crippen molar-refractivity contribution >= 4 is 15.8 Å². The van der Waals surface area contributed by atoms with Crippen molar-refractivity contribution in [2.75, 3.05) is 6.26 Å². The quantitative estimate of drug-likeness (QED) is 0.926. The molecular formula is C13H11NO5S. The number of sulfone groups is 1. The van der Waals surface area contributed by atoms with Crippen molar-refractivity contribution in [3.63, 3.8) is 0 Å². The summed E-state index contributed by atoms with van der Waals surface area (Å²) in [6, 6.07) is 8.63. The Balaban J connectivity index is 2.22. The van der Waals surface area contributed by atoms with E-state index in [2.05, 4.69) is 4.98 Å². The van der Waals surface area contributed by atoms with Crippen LogP contribution in [0, 0.1) is 0 Å². The number of aromatic carboxylic acids is 1. The highest BCUT2D eigenvalue weighted by Crippen LogP contribution is 2.23. The summed E-state index contributed by atoms with van der Waals surface area (Å²) < 4.78 is 28.1. The number of carboxylic acids is 1. The third kappa shape index (κ3) is 3.33. The summed E-state index contributed by atoms with van der Waals surface area (Å²) in [5.74, 6) is -0.438. The van der Waals surface area contributed by atoms with E-state index in [0.29, 0.717) is 11.5 Å². The van der Waals surface area contributed by atoms with Crippen molar-refractivity contribution in [3.8, 4) is 11.5 Å². The molecule has 1 N–H and O–H groups in total. The van der Waals surface area contributed by atoms with E-state index in [-0.39, 0.29) is 10.6 Å². The number of ether oxygens (including phenoxy) is 1. The predicted octanol–water partition coefficient (Wildman–Crippen LogP) is 1.98. The molecule has 0 aliphatic carbocycles. The highest BCUT2D eigenvalue weighted by Gasteiger charge is 2.08. The maximum Gasteiger partial charge on any atom is 0.354 e. The second-order valence-corrected chi connectivity index (χ2v) is 6.04. The smallest absolute Gasteiger partial charge is 0.354 e. The van der Waals surface area contributed by atoms with E-state index in [1.807, 2.05) is 0 Å². The number of hydrogen-bond acceptors (Lipinski definition) is 5. The third-order valence-corrected chi connectivity index (χ3v) is 3.57. The Hall–Kier alpha value is -2.41. The normalized spacial score (nSPS) is 11.1. The summed E-state index contributed by atoms with van der Waals surface area (Å²) in [6.07, 6.45) is 2.44. The molecule has 2 rings (SSSR count). The van der Waals surface area contributed by atoms with Gasteiger partial charge in [0.15, 0.2) is 15.5 Å². The van der Waals surface area contributed by atoms with E-state index in [0.717, 1.165) is 6.26 Å². The zero-order valence-corrected chi connectivity index (χ0v) is 11.3. The summed E-state index contributed by atoms with van der Waals surface area (Å²) in [6.45, 7) is 0. The van der Waals surface area contributed by atoms with Gasteiger partial charge < -0.3 is 9.84 Å². The van der Waals surface area contributed by atoms with E-state index in [4.69, 9.17) is 9.84 Å². The van der Waals surface area contributed by atoms with Gasteiger partial charge in [-0.05, 0) is 30.3 Å². The van der Waals surface area contributed by atoms with Gasteiger partial charge in [-0.15, -0.1) is 0 Å². The molecule has 104 valence electrons. The van der Waals surface area contributed by atoms with Crippen molar-refractivity contribution < 1.29 is 23.1 Å². The molecule has 1 aromatic heterocycles. The molecular weight excluding hydrogens is 282 g/mol. The number of benzene rings is 1. The third-order valence-electron chi connectivity index (χ3n) is 2.44. The highest BCUT2D eigenvalue weighted by atomic mass is 32.2. The summed E-state index contributed by atoms with van der Waals surface area (Å²) in [5.41, 5.74) is -0.129. The lowest BCUT2D eigenvalue weighted by Crippen LogP contribution is -2.00. The van der Waals surface area contributed by atoms with Crippen LogP contribution >= 0.6 is 0 Å². The van der Waals surface area contributed by atoms with E-state index < -0.39 is 15.8 Å². The van der Waals surface area contributed by atoms with Gasteiger partial charge in [0.2, 0.25) is 0 Å². The first-order chi connectivity index (χ1) is 9.36. The van der Waals surface area contributed by atoms with Crippen molar-refractivity contribution in [2.24, 2.45) is 0 Å². The number of nitrogens with zero attached hydrogens (tertiary/aromatic N) is 1. The second-order valence-electron chi connectivity index (χ2n) is 4.03. The summed E-state index contributed by atoms with van der Waals surface area (Å²) in [4.78, 5) is 14.6. The van der Waals surface area contributed by atoms with Gasteiger partial charge in [-0.25, -0.2) is 18.2 Å². The van der Waals surface area contributed by atoms with Crippen LogP contribution in [0.2, 0.25) is 0 Å². The SMILES string of the molecule is CS(=O)(=O)c1ccc(Oc2ccnc(C(=O)O)c2)cc1. The van der Waals surface area contributed by atoms with Crippen LogP contribution in [-0.2, 0) is 9.84 Å². The fourth-order valence-electron chi connectivity index (χ4n) is 1.48. The van der Waals surface area contributed by atoms with Crippen LogP contribution in [0.3, 0.4) is 0 Å². The molecule has 1 heterocycles. The largest absolute Gasteiger partial charge is 0.477 e. The van der Waals surface area contributed by atoms with E-state index in [9.17, 15) is 13.2 Å². The van der Waals surface area contributed by atoms with Gasteiger partial charge >= 0.3 is 5.97 Å². The van der Waals surface area contributed by atoms with E-state index in [1.165, 1.54) is 42.6 Å². The Bertz CT molecular complexity index is 738. The van der Waals surface area contributed by atoms with Gasteiger partial charge in [0, 0.05) is 18.5 Å². The Morgan fingerprint density at radius 2 is 1.80 bits per heavy atom. The summed E-state index contributed by atoms with van der Waals surface area (Å²) >= 11 is 0. The molecule has 7 heteroatoms. The van der Waals surface area contributed by atoms with Crippen LogP contribution < -0.4 is 4.74 Å². The second kappa shape index (κ2) is 5.30. The van der Waals surface area contributed by atoms with Crippen LogP contribution in [0.1, 0.15) is 10.5 Å². The fraction of sp³-hybridized carbons (Fsp3) is 0.0769. The van der Waals surface area contributed by atoms with Gasteiger partial charge in [0.1, 0.15) is 11.5 Å². The van der Waals surface area contributed by atoms with Crippen molar-refractivity contribution in [2.45, 2.75) is 4.90 Å². The summed E-state index contributed by atoms with van der Waals surface area (Å²) in [7, 11) is -3.25. The van der Waals surface area contributed by atoms with E-state index >= 15 is 0 Å². The molecule has 1 aromatic carbocycles. The van der Waals surface area contributed by atoms with Crippen molar-refractivity contribution in [3.05, 3.63) is 48.3 Å². The van der Waals surface area contributed by atoms with Gasteiger partial charge in [0.25, 0.3) is 0 Å². The zero-order chi connectivity index (χ0) is 14.8. The first kappa shape index (κ1) is 14.0. The monoisotopic (exact) mass is 293 g/mol. The van der Waals surface area contributed by atoms with Crippen LogP contribution in [-0.4, -0.2) is 30.7 Å².